The molecule has 0 aliphatic carbocycles. The predicted molar refractivity (Wildman–Crippen MR) is 95.8 cm³/mol. The third-order valence-corrected chi connectivity index (χ3v) is 5.26. The van der Waals surface area contributed by atoms with Gasteiger partial charge in [-0.1, -0.05) is 30.2 Å². The second-order valence-corrected chi connectivity index (χ2v) is 7.07. The van der Waals surface area contributed by atoms with E-state index in [2.05, 4.69) is 11.1 Å². The molecule has 0 amide bonds. The minimum Gasteiger partial charge on any atom is -0.376 e. The molecule has 3 rings (SSSR count). The highest BCUT2D eigenvalue weighted by Crippen LogP contribution is 2.20. The highest BCUT2D eigenvalue weighted by Gasteiger charge is 2.08. The fraction of sp³-hybridized carbons (Fsp3) is 0.500. The van der Waals surface area contributed by atoms with Crippen LogP contribution in [0, 0.1) is 0 Å². The first-order valence-corrected chi connectivity index (χ1v) is 9.22. The van der Waals surface area contributed by atoms with Crippen LogP contribution in [0.5, 0.6) is 0 Å². The second-order valence-electron chi connectivity index (χ2n) is 6.08. The summed E-state index contributed by atoms with van der Waals surface area (Å²) in [7, 11) is 0. The number of hydrogen-bond donors (Lipinski definition) is 0. The normalized spacial score (nSPS) is 16.3. The van der Waals surface area contributed by atoms with Crippen LogP contribution in [-0.4, -0.2) is 29.2 Å². The van der Waals surface area contributed by atoms with Gasteiger partial charge in [-0.2, -0.15) is 0 Å². The van der Waals surface area contributed by atoms with Crippen LogP contribution >= 0.6 is 11.3 Å². The molecular weight excluding hydrogens is 311 g/mol. The number of aryl methyl sites for hydroxylation is 1. The maximum Gasteiger partial charge on any atom is 0.312 e. The largest absolute Gasteiger partial charge is 0.376 e. The Bertz CT molecular complexity index is 726. The Balaban J connectivity index is 1.82. The first-order valence-electron chi connectivity index (χ1n) is 8.40. The molecule has 1 fully saturated rings. The maximum absolute atomic E-state index is 12.3. The molecule has 0 saturated carbocycles. The number of halogens is 1. The Morgan fingerprint density at radius 3 is 2.65 bits per heavy atom. The Labute approximate surface area is 140 Å². The summed E-state index contributed by atoms with van der Waals surface area (Å²) >= 11 is 1.26. The van der Waals surface area contributed by atoms with Gasteiger partial charge >= 0.3 is 4.87 Å². The standard InChI is InChI=1S/C18H23FN2OS/c19-9-5-6-15-7-8-16-17(14-15)23-18(22)21(16)13-12-20-10-3-1-2-4-11-20/h7-8,12-14H,1-6,9-11H2. The van der Waals surface area contributed by atoms with Crippen molar-refractivity contribution in [3.05, 3.63) is 39.6 Å². The van der Waals surface area contributed by atoms with E-state index in [1.54, 1.807) is 4.57 Å². The van der Waals surface area contributed by atoms with E-state index in [1.165, 1.54) is 37.0 Å². The summed E-state index contributed by atoms with van der Waals surface area (Å²) in [5.41, 5.74) is 2.04. The molecule has 0 N–H and O–H groups in total. The molecular formula is C18H23FN2OS. The lowest BCUT2D eigenvalue weighted by molar-refractivity contribution is 0.393. The van der Waals surface area contributed by atoms with Gasteiger partial charge < -0.3 is 4.90 Å². The molecule has 0 spiro atoms. The molecule has 5 heteroatoms. The summed E-state index contributed by atoms with van der Waals surface area (Å²) in [4.78, 5) is 14.6. The zero-order valence-corrected chi connectivity index (χ0v) is 14.2. The van der Waals surface area contributed by atoms with Crippen molar-refractivity contribution < 1.29 is 4.39 Å². The lowest BCUT2D eigenvalue weighted by Crippen LogP contribution is -2.18. The fourth-order valence-electron chi connectivity index (χ4n) is 3.05. The molecule has 0 atom stereocenters. The van der Waals surface area contributed by atoms with Crippen LogP contribution < -0.4 is 4.87 Å². The minimum absolute atomic E-state index is 0.0358. The van der Waals surface area contributed by atoms with Crippen molar-refractivity contribution in [2.24, 2.45) is 0 Å². The smallest absolute Gasteiger partial charge is 0.312 e. The third-order valence-electron chi connectivity index (χ3n) is 4.34. The van der Waals surface area contributed by atoms with E-state index >= 15 is 0 Å². The lowest BCUT2D eigenvalue weighted by atomic mass is 10.1. The summed E-state index contributed by atoms with van der Waals surface area (Å²) in [6, 6.07) is 6.00. The number of rotatable bonds is 5. The first-order chi connectivity index (χ1) is 11.3. The van der Waals surface area contributed by atoms with Crippen molar-refractivity contribution in [3.8, 4) is 0 Å². The highest BCUT2D eigenvalue weighted by molar-refractivity contribution is 7.16. The number of hydrogen-bond acceptors (Lipinski definition) is 3. The highest BCUT2D eigenvalue weighted by atomic mass is 32.1. The average molecular weight is 334 g/mol. The molecule has 2 heterocycles. The van der Waals surface area contributed by atoms with Gasteiger partial charge in [0.05, 0.1) is 16.9 Å². The van der Waals surface area contributed by atoms with E-state index in [-0.39, 0.29) is 11.5 Å². The van der Waals surface area contributed by atoms with E-state index in [9.17, 15) is 9.18 Å². The first kappa shape index (κ1) is 16.2. The summed E-state index contributed by atoms with van der Waals surface area (Å²) < 4.78 is 15.0. The predicted octanol–water partition coefficient (Wildman–Crippen LogP) is 4.27. The van der Waals surface area contributed by atoms with Crippen molar-refractivity contribution in [1.29, 1.82) is 0 Å². The Kier molecular flexibility index (Phi) is 5.49. The van der Waals surface area contributed by atoms with Crippen molar-refractivity contribution in [2.75, 3.05) is 19.8 Å². The van der Waals surface area contributed by atoms with E-state index in [0.717, 1.165) is 35.3 Å². The number of benzene rings is 1. The molecule has 1 aromatic carbocycles. The molecule has 2 aromatic rings. The zero-order chi connectivity index (χ0) is 16.1. The van der Waals surface area contributed by atoms with Crippen LogP contribution in [0.25, 0.3) is 16.4 Å². The summed E-state index contributed by atoms with van der Waals surface area (Å²) in [5.74, 6) is 0. The quantitative estimate of drug-likeness (QED) is 0.816. The lowest BCUT2D eigenvalue weighted by Gasteiger charge is -2.16. The van der Waals surface area contributed by atoms with Crippen molar-refractivity contribution in [1.82, 2.24) is 9.47 Å². The zero-order valence-electron chi connectivity index (χ0n) is 13.3. The van der Waals surface area contributed by atoms with Crippen molar-refractivity contribution >= 4 is 27.8 Å². The molecule has 1 aromatic heterocycles. The van der Waals surface area contributed by atoms with Gasteiger partial charge in [-0.05, 0) is 43.4 Å². The third kappa shape index (κ3) is 4.02. The minimum atomic E-state index is -0.298. The van der Waals surface area contributed by atoms with Gasteiger partial charge in [-0.15, -0.1) is 0 Å². The van der Waals surface area contributed by atoms with Gasteiger partial charge in [0, 0.05) is 25.5 Å². The molecule has 3 nitrogen and oxygen atoms in total. The number of likely N-dealkylation sites (tertiary alicyclic amines) is 1. The van der Waals surface area contributed by atoms with Gasteiger partial charge in [0.2, 0.25) is 0 Å². The van der Waals surface area contributed by atoms with Gasteiger partial charge in [-0.25, -0.2) is 0 Å². The summed E-state index contributed by atoms with van der Waals surface area (Å²) in [6.45, 7) is 1.84. The fourth-order valence-corrected chi connectivity index (χ4v) is 3.98. The van der Waals surface area contributed by atoms with Crippen molar-refractivity contribution in [2.45, 2.75) is 38.5 Å². The SMILES string of the molecule is O=c1sc2cc(CCCF)ccc2n1C=CN1CCCCCC1. The van der Waals surface area contributed by atoms with Crippen LogP contribution in [0.3, 0.4) is 0 Å². The molecule has 1 aliphatic heterocycles. The summed E-state index contributed by atoms with van der Waals surface area (Å²) in [5, 5.41) is 0. The van der Waals surface area contributed by atoms with Crippen LogP contribution in [0.4, 0.5) is 4.39 Å². The molecule has 0 radical (unpaired) electrons. The average Bonchev–Trinajstić information content (AvgIpc) is 2.73. The van der Waals surface area contributed by atoms with Crippen molar-refractivity contribution in [3.63, 3.8) is 0 Å². The second kappa shape index (κ2) is 7.77. The van der Waals surface area contributed by atoms with Gasteiger partial charge in [0.15, 0.2) is 0 Å². The van der Waals surface area contributed by atoms with E-state index in [4.69, 9.17) is 0 Å². The summed E-state index contributed by atoms with van der Waals surface area (Å²) in [6.07, 6.45) is 10.3. The molecule has 1 saturated heterocycles. The number of thiazole rings is 1. The Morgan fingerprint density at radius 1 is 1.13 bits per heavy atom. The van der Waals surface area contributed by atoms with Gasteiger partial charge in [0.1, 0.15) is 0 Å². The van der Waals surface area contributed by atoms with Gasteiger partial charge in [-0.3, -0.25) is 13.8 Å². The van der Waals surface area contributed by atoms with E-state index in [0.29, 0.717) is 6.42 Å². The van der Waals surface area contributed by atoms with Gasteiger partial charge in [0.25, 0.3) is 0 Å². The topological polar surface area (TPSA) is 25.2 Å². The Morgan fingerprint density at radius 2 is 1.91 bits per heavy atom. The van der Waals surface area contributed by atoms with Crippen LogP contribution in [-0.2, 0) is 6.42 Å². The van der Waals surface area contributed by atoms with E-state index in [1.807, 2.05) is 24.4 Å². The van der Waals surface area contributed by atoms with Crippen LogP contribution in [0.1, 0.15) is 37.7 Å². The molecule has 23 heavy (non-hydrogen) atoms. The van der Waals surface area contributed by atoms with E-state index < -0.39 is 0 Å². The Hall–Kier alpha value is -1.62. The molecule has 1 aliphatic rings. The van der Waals surface area contributed by atoms with Crippen LogP contribution in [0.2, 0.25) is 0 Å². The number of alkyl halides is 1. The monoisotopic (exact) mass is 334 g/mol. The number of fused-ring (bicyclic) bond motifs is 1. The van der Waals surface area contributed by atoms with Crippen LogP contribution in [0.15, 0.2) is 29.2 Å². The molecule has 124 valence electrons. The number of nitrogens with zero attached hydrogens (tertiary/aromatic N) is 2. The molecule has 0 bridgehead atoms. The maximum atomic E-state index is 12.3. The molecule has 0 unspecified atom stereocenters. The number of aromatic nitrogens is 1.